The van der Waals surface area contributed by atoms with Gasteiger partial charge < -0.3 is 0 Å². The van der Waals surface area contributed by atoms with Crippen molar-refractivity contribution < 1.29 is 0 Å². The Morgan fingerprint density at radius 2 is 1.00 bits per heavy atom. The van der Waals surface area contributed by atoms with Crippen molar-refractivity contribution in [1.82, 2.24) is 0 Å². The molecule has 0 amide bonds. The quantitative estimate of drug-likeness (QED) is 0.562. The predicted molar refractivity (Wildman–Crippen MR) is 94.1 cm³/mol. The van der Waals surface area contributed by atoms with E-state index in [1.165, 1.54) is 0 Å². The summed E-state index contributed by atoms with van der Waals surface area (Å²) in [6, 6.07) is 4.17. The highest BCUT2D eigenvalue weighted by Gasteiger charge is 2.01. The van der Waals surface area contributed by atoms with Gasteiger partial charge in [0.05, 0.1) is 0 Å². The molecule has 0 radical (unpaired) electrons. The Morgan fingerprint density at radius 3 is 1.32 bits per heavy atom. The SMILES string of the molecule is C=Cc1cc(C=C)c(/C=C\C)cc1C=C.CC.CC. The fourth-order valence-electron chi connectivity index (χ4n) is 1.52. The summed E-state index contributed by atoms with van der Waals surface area (Å²) in [5.74, 6) is 0. The first-order valence-electron chi connectivity index (χ1n) is 6.94. The molecular weight excluding hydrogens is 228 g/mol. The van der Waals surface area contributed by atoms with Crippen LogP contribution in [0.2, 0.25) is 0 Å². The van der Waals surface area contributed by atoms with E-state index in [1.807, 2.05) is 58.9 Å². The van der Waals surface area contributed by atoms with Crippen LogP contribution < -0.4 is 0 Å². The van der Waals surface area contributed by atoms with E-state index < -0.39 is 0 Å². The van der Waals surface area contributed by atoms with E-state index in [9.17, 15) is 0 Å². The van der Waals surface area contributed by atoms with Gasteiger partial charge in [0.2, 0.25) is 0 Å². The fourth-order valence-corrected chi connectivity index (χ4v) is 1.52. The number of hydrogen-bond acceptors (Lipinski definition) is 0. The van der Waals surface area contributed by atoms with Gasteiger partial charge in [-0.25, -0.2) is 0 Å². The highest BCUT2D eigenvalue weighted by atomic mass is 14.1. The maximum absolute atomic E-state index is 3.81. The molecule has 0 unspecified atom stereocenters. The van der Waals surface area contributed by atoms with Gasteiger partial charge in [-0.15, -0.1) is 0 Å². The lowest BCUT2D eigenvalue weighted by Gasteiger charge is -2.07. The minimum absolute atomic E-state index is 1.09. The first-order chi connectivity index (χ1) is 9.26. The van der Waals surface area contributed by atoms with Gasteiger partial charge in [-0.3, -0.25) is 0 Å². The molecule has 0 heteroatoms. The molecule has 0 heterocycles. The average molecular weight is 256 g/mol. The molecule has 19 heavy (non-hydrogen) atoms. The van der Waals surface area contributed by atoms with Gasteiger partial charge in [0.15, 0.2) is 0 Å². The van der Waals surface area contributed by atoms with E-state index in [-0.39, 0.29) is 0 Å². The van der Waals surface area contributed by atoms with Gasteiger partial charge in [0.1, 0.15) is 0 Å². The lowest BCUT2D eigenvalue weighted by atomic mass is 9.98. The lowest BCUT2D eigenvalue weighted by Crippen LogP contribution is -1.87. The van der Waals surface area contributed by atoms with E-state index in [0.717, 1.165) is 22.3 Å². The van der Waals surface area contributed by atoms with E-state index in [2.05, 4.69) is 37.9 Å². The highest BCUT2D eigenvalue weighted by molar-refractivity contribution is 5.74. The summed E-state index contributed by atoms with van der Waals surface area (Å²) in [5, 5.41) is 0. The molecule has 0 aliphatic rings. The Bertz CT molecular complexity index is 420. The van der Waals surface area contributed by atoms with Gasteiger partial charge in [-0.2, -0.15) is 0 Å². The zero-order valence-corrected chi connectivity index (χ0v) is 13.2. The summed E-state index contributed by atoms with van der Waals surface area (Å²) in [6.45, 7) is 21.4. The molecule has 0 N–H and O–H groups in total. The van der Waals surface area contributed by atoms with Crippen LogP contribution in [0.4, 0.5) is 0 Å². The molecule has 0 spiro atoms. The minimum atomic E-state index is 1.09. The predicted octanol–water partition coefficient (Wildman–Crippen LogP) is 6.70. The molecule has 0 atom stereocenters. The third kappa shape index (κ3) is 6.05. The van der Waals surface area contributed by atoms with Crippen molar-refractivity contribution in [3.05, 3.63) is 60.2 Å². The van der Waals surface area contributed by atoms with Crippen LogP contribution >= 0.6 is 0 Å². The summed E-state index contributed by atoms with van der Waals surface area (Å²) in [4.78, 5) is 0. The monoisotopic (exact) mass is 256 g/mol. The summed E-state index contributed by atoms with van der Waals surface area (Å²) < 4.78 is 0. The molecular formula is C19H28. The van der Waals surface area contributed by atoms with Crippen LogP contribution in [-0.2, 0) is 0 Å². The van der Waals surface area contributed by atoms with Gasteiger partial charge in [-0.1, -0.05) is 77.8 Å². The van der Waals surface area contributed by atoms with Crippen molar-refractivity contribution in [2.75, 3.05) is 0 Å². The van der Waals surface area contributed by atoms with Crippen LogP contribution in [-0.4, -0.2) is 0 Å². The van der Waals surface area contributed by atoms with Crippen LogP contribution in [0, 0.1) is 0 Å². The van der Waals surface area contributed by atoms with Gasteiger partial charge in [0, 0.05) is 0 Å². The molecule has 1 aromatic rings. The summed E-state index contributed by atoms with van der Waals surface area (Å²) in [5.41, 5.74) is 4.47. The van der Waals surface area contributed by atoms with Crippen molar-refractivity contribution in [2.24, 2.45) is 0 Å². The number of allylic oxidation sites excluding steroid dienone is 1. The van der Waals surface area contributed by atoms with Gasteiger partial charge in [-0.05, 0) is 41.3 Å². The molecule has 104 valence electrons. The molecule has 0 fully saturated rings. The number of benzene rings is 1. The fraction of sp³-hybridized carbons (Fsp3) is 0.263. The smallest absolute Gasteiger partial charge is 0.0181 e. The molecule has 1 aromatic carbocycles. The Kier molecular flexibility index (Phi) is 13.0. The summed E-state index contributed by atoms with van der Waals surface area (Å²) in [6.07, 6.45) is 9.62. The van der Waals surface area contributed by atoms with Gasteiger partial charge >= 0.3 is 0 Å². The Morgan fingerprint density at radius 1 is 0.684 bits per heavy atom. The van der Waals surface area contributed by atoms with E-state index in [4.69, 9.17) is 0 Å². The second-order valence-corrected chi connectivity index (χ2v) is 3.22. The molecule has 0 aliphatic carbocycles. The molecule has 0 saturated heterocycles. The van der Waals surface area contributed by atoms with Gasteiger partial charge in [0.25, 0.3) is 0 Å². The van der Waals surface area contributed by atoms with E-state index >= 15 is 0 Å². The number of rotatable bonds is 4. The van der Waals surface area contributed by atoms with Crippen molar-refractivity contribution in [2.45, 2.75) is 34.6 Å². The number of hydrogen-bond donors (Lipinski definition) is 0. The largest absolute Gasteiger partial charge is 0.0984 e. The van der Waals surface area contributed by atoms with Crippen LogP contribution in [0.15, 0.2) is 37.9 Å². The van der Waals surface area contributed by atoms with E-state index in [0.29, 0.717) is 0 Å². The molecule has 1 rings (SSSR count). The third-order valence-electron chi connectivity index (χ3n) is 2.29. The molecule has 0 aromatic heterocycles. The van der Waals surface area contributed by atoms with Crippen LogP contribution in [0.25, 0.3) is 24.3 Å². The Labute approximate surface area is 119 Å². The highest BCUT2D eigenvalue weighted by Crippen LogP contribution is 2.21. The molecule has 0 aliphatic heterocycles. The minimum Gasteiger partial charge on any atom is -0.0984 e. The first-order valence-corrected chi connectivity index (χ1v) is 6.94. The summed E-state index contributed by atoms with van der Waals surface area (Å²) in [7, 11) is 0. The maximum Gasteiger partial charge on any atom is -0.0181 e. The van der Waals surface area contributed by atoms with Crippen molar-refractivity contribution in [3.8, 4) is 0 Å². The lowest BCUT2D eigenvalue weighted by molar-refractivity contribution is 1.50. The summed E-state index contributed by atoms with van der Waals surface area (Å²) >= 11 is 0. The van der Waals surface area contributed by atoms with Crippen molar-refractivity contribution in [1.29, 1.82) is 0 Å². The van der Waals surface area contributed by atoms with Crippen LogP contribution in [0.1, 0.15) is 56.9 Å². The molecule has 0 saturated carbocycles. The van der Waals surface area contributed by atoms with Crippen LogP contribution in [0.5, 0.6) is 0 Å². The van der Waals surface area contributed by atoms with Crippen molar-refractivity contribution in [3.63, 3.8) is 0 Å². The molecule has 0 bridgehead atoms. The molecule has 0 nitrogen and oxygen atoms in total. The third-order valence-corrected chi connectivity index (χ3v) is 2.29. The van der Waals surface area contributed by atoms with Crippen molar-refractivity contribution >= 4 is 24.3 Å². The zero-order chi connectivity index (χ0) is 15.3. The zero-order valence-electron chi connectivity index (χ0n) is 13.2. The maximum atomic E-state index is 3.81. The Hall–Kier alpha value is -1.82. The van der Waals surface area contributed by atoms with E-state index in [1.54, 1.807) is 0 Å². The Balaban J connectivity index is 0. The second kappa shape index (κ2) is 12.6. The second-order valence-electron chi connectivity index (χ2n) is 3.22. The standard InChI is InChI=1S/C15H16.2C2H6/c1-5-9-15-11-13(7-3)12(6-2)10-14(15)8-4;2*1-2/h5-11H,2-4H2,1H3;2*1-2H3/b9-5-;;. The topological polar surface area (TPSA) is 0 Å². The first kappa shape index (κ1) is 19.5. The van der Waals surface area contributed by atoms with Crippen LogP contribution in [0.3, 0.4) is 0 Å². The normalized spacial score (nSPS) is 8.68. The average Bonchev–Trinajstić information content (AvgIpc) is 2.51.